The Kier molecular flexibility index (Phi) is 7.79. The zero-order chi connectivity index (χ0) is 22.6. The third kappa shape index (κ3) is 5.68. The summed E-state index contributed by atoms with van der Waals surface area (Å²) in [6.07, 6.45) is 2.10. The predicted octanol–water partition coefficient (Wildman–Crippen LogP) is 1.59. The molecule has 2 saturated heterocycles. The molecule has 170 valence electrons. The van der Waals surface area contributed by atoms with Crippen molar-refractivity contribution in [2.75, 3.05) is 52.1 Å². The van der Waals surface area contributed by atoms with Gasteiger partial charge in [0, 0.05) is 32.7 Å². The Morgan fingerprint density at radius 1 is 1.16 bits per heavy atom. The van der Waals surface area contributed by atoms with Crippen molar-refractivity contribution < 1.29 is 22.7 Å². The highest BCUT2D eigenvalue weighted by atomic mass is 32.2. The summed E-state index contributed by atoms with van der Waals surface area (Å²) in [6, 6.07) is 5.50. The van der Waals surface area contributed by atoms with Gasteiger partial charge in [0.05, 0.1) is 28.9 Å². The molecule has 2 heterocycles. The second-order valence-electron chi connectivity index (χ2n) is 7.71. The van der Waals surface area contributed by atoms with Crippen molar-refractivity contribution in [2.45, 2.75) is 25.2 Å². The maximum absolute atomic E-state index is 13.1. The lowest BCUT2D eigenvalue weighted by Gasteiger charge is -2.34. The number of aryl methyl sites for hydroxylation is 2. The lowest BCUT2D eigenvalue weighted by molar-refractivity contribution is -0.134. The van der Waals surface area contributed by atoms with Crippen molar-refractivity contribution in [1.82, 2.24) is 14.1 Å². The van der Waals surface area contributed by atoms with E-state index in [9.17, 15) is 18.0 Å². The SMILES string of the molecule is COC(=O)C=C1SCC(=O)N1CCCN1CCN(S(=O)(=O)c2cc(C)ccc2C)CC1. The average molecular weight is 468 g/mol. The van der Waals surface area contributed by atoms with E-state index >= 15 is 0 Å². The summed E-state index contributed by atoms with van der Waals surface area (Å²) in [5, 5.41) is 0.626. The van der Waals surface area contributed by atoms with Crippen LogP contribution in [0.5, 0.6) is 0 Å². The molecule has 0 radical (unpaired) electrons. The minimum atomic E-state index is -3.50. The van der Waals surface area contributed by atoms with Crippen LogP contribution in [0.25, 0.3) is 0 Å². The molecule has 1 amide bonds. The quantitative estimate of drug-likeness (QED) is 0.445. The maximum atomic E-state index is 13.1. The van der Waals surface area contributed by atoms with E-state index in [2.05, 4.69) is 9.64 Å². The highest BCUT2D eigenvalue weighted by molar-refractivity contribution is 8.04. The summed E-state index contributed by atoms with van der Waals surface area (Å²) in [5.41, 5.74) is 1.69. The van der Waals surface area contributed by atoms with E-state index in [4.69, 9.17) is 0 Å². The molecule has 0 bridgehead atoms. The Bertz CT molecular complexity index is 969. The Morgan fingerprint density at radius 2 is 1.87 bits per heavy atom. The molecule has 3 rings (SSSR count). The maximum Gasteiger partial charge on any atom is 0.333 e. The Morgan fingerprint density at radius 3 is 2.55 bits per heavy atom. The molecule has 2 fully saturated rings. The highest BCUT2D eigenvalue weighted by Gasteiger charge is 2.30. The molecular weight excluding hydrogens is 438 g/mol. The van der Waals surface area contributed by atoms with Crippen LogP contribution in [0.4, 0.5) is 0 Å². The van der Waals surface area contributed by atoms with E-state index < -0.39 is 16.0 Å². The van der Waals surface area contributed by atoms with Crippen molar-refractivity contribution in [2.24, 2.45) is 0 Å². The second kappa shape index (κ2) is 10.2. The lowest BCUT2D eigenvalue weighted by atomic mass is 10.2. The molecular formula is C21H29N3O5S2. The minimum absolute atomic E-state index is 0.00964. The number of nitrogens with zero attached hydrogens (tertiary/aromatic N) is 3. The number of carbonyl (C=O) groups is 2. The topological polar surface area (TPSA) is 87.2 Å². The zero-order valence-electron chi connectivity index (χ0n) is 18.2. The lowest BCUT2D eigenvalue weighted by Crippen LogP contribution is -2.49. The van der Waals surface area contributed by atoms with Crippen LogP contribution in [0.3, 0.4) is 0 Å². The first-order chi connectivity index (χ1) is 14.7. The van der Waals surface area contributed by atoms with Crippen molar-refractivity contribution in [1.29, 1.82) is 0 Å². The Balaban J connectivity index is 1.51. The molecule has 0 aliphatic carbocycles. The first kappa shape index (κ1) is 23.8. The number of hydrogen-bond donors (Lipinski definition) is 0. The van der Waals surface area contributed by atoms with Gasteiger partial charge in [0.1, 0.15) is 0 Å². The van der Waals surface area contributed by atoms with E-state index in [1.165, 1.54) is 24.9 Å². The van der Waals surface area contributed by atoms with Crippen LogP contribution in [-0.4, -0.2) is 86.5 Å². The summed E-state index contributed by atoms with van der Waals surface area (Å²) >= 11 is 1.34. The zero-order valence-corrected chi connectivity index (χ0v) is 19.8. The molecule has 2 aliphatic rings. The van der Waals surface area contributed by atoms with E-state index in [0.717, 1.165) is 24.1 Å². The van der Waals surface area contributed by atoms with Gasteiger partial charge in [-0.3, -0.25) is 4.79 Å². The fraction of sp³-hybridized carbons (Fsp3) is 0.524. The number of methoxy groups -OCH3 is 1. The summed E-state index contributed by atoms with van der Waals surface area (Å²) < 4.78 is 32.3. The molecule has 0 aromatic heterocycles. The number of sulfonamides is 1. The molecule has 0 N–H and O–H groups in total. The van der Waals surface area contributed by atoms with E-state index in [-0.39, 0.29) is 5.91 Å². The van der Waals surface area contributed by atoms with Crippen LogP contribution in [0.1, 0.15) is 17.5 Å². The third-order valence-electron chi connectivity index (χ3n) is 5.50. The second-order valence-corrected chi connectivity index (χ2v) is 10.6. The van der Waals surface area contributed by atoms with Gasteiger partial charge in [0.25, 0.3) is 0 Å². The Hall–Kier alpha value is -1.88. The van der Waals surface area contributed by atoms with Gasteiger partial charge < -0.3 is 14.5 Å². The molecule has 31 heavy (non-hydrogen) atoms. The van der Waals surface area contributed by atoms with E-state index in [1.54, 1.807) is 15.3 Å². The van der Waals surface area contributed by atoms with Crippen LogP contribution < -0.4 is 0 Å². The number of piperazine rings is 1. The van der Waals surface area contributed by atoms with Gasteiger partial charge in [0.15, 0.2) is 0 Å². The van der Waals surface area contributed by atoms with Crippen molar-refractivity contribution in [3.63, 3.8) is 0 Å². The number of thioether (sulfide) groups is 1. The molecule has 0 saturated carbocycles. The summed E-state index contributed by atoms with van der Waals surface area (Å²) in [7, 11) is -2.19. The van der Waals surface area contributed by atoms with Crippen molar-refractivity contribution in [3.8, 4) is 0 Å². The van der Waals surface area contributed by atoms with Crippen LogP contribution in [0.15, 0.2) is 34.2 Å². The fourth-order valence-electron chi connectivity index (χ4n) is 3.70. The normalized spacial score (nSPS) is 19.9. The van der Waals surface area contributed by atoms with E-state index in [0.29, 0.717) is 48.4 Å². The number of carbonyl (C=O) groups excluding carboxylic acids is 2. The average Bonchev–Trinajstić information content (AvgIpc) is 3.09. The van der Waals surface area contributed by atoms with Gasteiger partial charge in [-0.05, 0) is 44.0 Å². The predicted molar refractivity (Wildman–Crippen MR) is 120 cm³/mol. The van der Waals surface area contributed by atoms with Gasteiger partial charge >= 0.3 is 5.97 Å². The molecule has 10 heteroatoms. The smallest absolute Gasteiger partial charge is 0.333 e. The van der Waals surface area contributed by atoms with Crippen LogP contribution >= 0.6 is 11.8 Å². The summed E-state index contributed by atoms with van der Waals surface area (Å²) in [6.45, 7) is 7.20. The number of hydrogen-bond acceptors (Lipinski definition) is 7. The first-order valence-electron chi connectivity index (χ1n) is 10.2. The first-order valence-corrected chi connectivity index (χ1v) is 12.7. The Labute approximate surface area is 188 Å². The van der Waals surface area contributed by atoms with E-state index in [1.807, 2.05) is 26.0 Å². The van der Waals surface area contributed by atoms with Crippen molar-refractivity contribution >= 4 is 33.7 Å². The molecule has 0 atom stereocenters. The number of ether oxygens (including phenoxy) is 1. The van der Waals surface area contributed by atoms with Crippen LogP contribution in [0.2, 0.25) is 0 Å². The molecule has 0 spiro atoms. The van der Waals surface area contributed by atoms with Crippen LogP contribution in [-0.2, 0) is 24.3 Å². The molecule has 8 nitrogen and oxygen atoms in total. The number of esters is 1. The molecule has 1 aromatic carbocycles. The highest BCUT2D eigenvalue weighted by Crippen LogP contribution is 2.29. The number of benzene rings is 1. The van der Waals surface area contributed by atoms with Crippen LogP contribution in [0, 0.1) is 13.8 Å². The minimum Gasteiger partial charge on any atom is -0.466 e. The van der Waals surface area contributed by atoms with Gasteiger partial charge in [-0.1, -0.05) is 23.9 Å². The van der Waals surface area contributed by atoms with Gasteiger partial charge in [0.2, 0.25) is 15.9 Å². The largest absolute Gasteiger partial charge is 0.466 e. The summed E-state index contributed by atoms with van der Waals surface area (Å²) in [4.78, 5) is 27.8. The van der Waals surface area contributed by atoms with Gasteiger partial charge in [-0.25, -0.2) is 13.2 Å². The molecule has 1 aromatic rings. The van der Waals surface area contributed by atoms with Crippen molar-refractivity contribution in [3.05, 3.63) is 40.4 Å². The monoisotopic (exact) mass is 467 g/mol. The third-order valence-corrected chi connectivity index (χ3v) is 8.57. The van der Waals surface area contributed by atoms with Gasteiger partial charge in [-0.2, -0.15) is 4.31 Å². The number of rotatable bonds is 7. The fourth-order valence-corrected chi connectivity index (χ4v) is 6.39. The standard InChI is InChI=1S/C21H29N3O5S2/c1-16-5-6-17(2)18(13-16)31(27,28)23-11-9-22(10-12-23)7-4-8-24-19(25)15-30-20(24)14-21(26)29-3/h5-6,13-14H,4,7-12,15H2,1-3H3. The summed E-state index contributed by atoms with van der Waals surface area (Å²) in [5.74, 6) is -0.148. The number of amides is 1. The molecule has 2 aliphatic heterocycles. The van der Waals surface area contributed by atoms with Gasteiger partial charge in [-0.15, -0.1) is 0 Å². The molecule has 0 unspecified atom stereocenters.